The van der Waals surface area contributed by atoms with E-state index in [0.29, 0.717) is 6.42 Å². The highest BCUT2D eigenvalue weighted by Crippen LogP contribution is 2.57. The van der Waals surface area contributed by atoms with Crippen molar-refractivity contribution in [2.45, 2.75) is 19.5 Å². The number of fused-ring (bicyclic) bond motifs is 1. The third-order valence-corrected chi connectivity index (χ3v) is 3.14. The van der Waals surface area contributed by atoms with E-state index in [4.69, 9.17) is 11.6 Å². The Morgan fingerprint density at radius 3 is 2.54 bits per heavy atom. The fourth-order valence-electron chi connectivity index (χ4n) is 1.84. The van der Waals surface area contributed by atoms with E-state index in [2.05, 4.69) is 0 Å². The molecule has 1 fully saturated rings. The van der Waals surface area contributed by atoms with Crippen molar-refractivity contribution in [3.8, 4) is 0 Å². The van der Waals surface area contributed by atoms with Crippen LogP contribution in [0.25, 0.3) is 0 Å². The van der Waals surface area contributed by atoms with Crippen molar-refractivity contribution < 1.29 is 13.2 Å². The van der Waals surface area contributed by atoms with Gasteiger partial charge in [0.2, 0.25) is 0 Å². The van der Waals surface area contributed by atoms with Crippen LogP contribution in [0.2, 0.25) is 0 Å². The van der Waals surface area contributed by atoms with Crippen LogP contribution in [0.5, 0.6) is 0 Å². The molecule has 0 spiro atoms. The number of hydrogen-bond donors (Lipinski definition) is 0. The molecule has 0 N–H and O–H groups in total. The van der Waals surface area contributed by atoms with Crippen molar-refractivity contribution >= 4 is 11.6 Å². The molecule has 72 valence electrons. The molecule has 2 unspecified atom stereocenters. The predicted molar refractivity (Wildman–Crippen MR) is 44.3 cm³/mol. The van der Waals surface area contributed by atoms with E-state index in [-0.39, 0.29) is 16.9 Å². The van der Waals surface area contributed by atoms with Crippen molar-refractivity contribution in [1.29, 1.82) is 0 Å². The van der Waals surface area contributed by atoms with Gasteiger partial charge in [0.15, 0.2) is 0 Å². The van der Waals surface area contributed by atoms with Crippen LogP contribution >= 0.6 is 11.6 Å². The van der Waals surface area contributed by atoms with Crippen LogP contribution in [0.3, 0.4) is 0 Å². The minimum Gasteiger partial charge on any atom is -0.166 e. The minimum absolute atomic E-state index is 0.0501. The Balaban J connectivity index is 2.38. The van der Waals surface area contributed by atoms with Gasteiger partial charge in [0.1, 0.15) is 0 Å². The molecule has 13 heavy (non-hydrogen) atoms. The summed E-state index contributed by atoms with van der Waals surface area (Å²) in [6, 6.07) is 0. The molecule has 2 aliphatic rings. The second-order valence-corrected chi connectivity index (χ2v) is 3.98. The lowest BCUT2D eigenvalue weighted by Crippen LogP contribution is -2.16. The second kappa shape index (κ2) is 2.53. The van der Waals surface area contributed by atoms with Gasteiger partial charge in [-0.2, -0.15) is 13.2 Å². The summed E-state index contributed by atoms with van der Waals surface area (Å²) >= 11 is 5.69. The molecule has 2 rings (SSSR count). The van der Waals surface area contributed by atoms with Gasteiger partial charge in [0.05, 0.1) is 0 Å². The smallest absolute Gasteiger partial charge is 0.166 e. The Labute approximate surface area is 79.1 Å². The molecule has 4 heteroatoms. The molecule has 0 heterocycles. The molecular formula is C9H8ClF3. The van der Waals surface area contributed by atoms with Gasteiger partial charge in [-0.3, -0.25) is 0 Å². The zero-order valence-corrected chi connectivity index (χ0v) is 7.71. The van der Waals surface area contributed by atoms with Crippen LogP contribution in [0, 0.1) is 11.8 Å². The van der Waals surface area contributed by atoms with Crippen molar-refractivity contribution in [2.24, 2.45) is 11.8 Å². The van der Waals surface area contributed by atoms with Crippen LogP contribution in [0.15, 0.2) is 22.3 Å². The van der Waals surface area contributed by atoms with Gasteiger partial charge in [-0.15, -0.1) is 0 Å². The van der Waals surface area contributed by atoms with Gasteiger partial charge < -0.3 is 0 Å². The normalized spacial score (nSPS) is 32.8. The summed E-state index contributed by atoms with van der Waals surface area (Å²) in [6.45, 7) is 1.80. The SMILES string of the molecule is CC1=C(Cl)C=C(C(F)(F)F)C2CC12. The lowest BCUT2D eigenvalue weighted by Gasteiger charge is -2.16. The average molecular weight is 209 g/mol. The molecule has 0 radical (unpaired) electrons. The molecule has 0 amide bonds. The van der Waals surface area contributed by atoms with Crippen LogP contribution in [0.4, 0.5) is 13.2 Å². The van der Waals surface area contributed by atoms with Crippen molar-refractivity contribution in [2.75, 3.05) is 0 Å². The third kappa shape index (κ3) is 1.39. The molecule has 0 aromatic carbocycles. The highest BCUT2D eigenvalue weighted by molar-refractivity contribution is 6.31. The molecular weight excluding hydrogens is 201 g/mol. The molecule has 0 aliphatic heterocycles. The van der Waals surface area contributed by atoms with Gasteiger partial charge in [0, 0.05) is 10.6 Å². The Hall–Kier alpha value is -0.440. The van der Waals surface area contributed by atoms with Crippen molar-refractivity contribution in [3.05, 3.63) is 22.3 Å². The first-order valence-corrected chi connectivity index (χ1v) is 4.44. The molecule has 2 atom stereocenters. The van der Waals surface area contributed by atoms with Crippen LogP contribution in [-0.2, 0) is 0 Å². The number of halogens is 4. The van der Waals surface area contributed by atoms with E-state index >= 15 is 0 Å². The van der Waals surface area contributed by atoms with E-state index in [1.54, 1.807) is 6.92 Å². The van der Waals surface area contributed by atoms with Crippen LogP contribution < -0.4 is 0 Å². The summed E-state index contributed by atoms with van der Waals surface area (Å²) in [4.78, 5) is 0. The highest BCUT2D eigenvalue weighted by atomic mass is 35.5. The fraction of sp³-hybridized carbons (Fsp3) is 0.556. The summed E-state index contributed by atoms with van der Waals surface area (Å²) in [7, 11) is 0. The first-order chi connectivity index (χ1) is 5.91. The second-order valence-electron chi connectivity index (χ2n) is 3.58. The maximum absolute atomic E-state index is 12.4. The van der Waals surface area contributed by atoms with E-state index in [0.717, 1.165) is 11.6 Å². The number of alkyl halides is 3. The van der Waals surface area contributed by atoms with E-state index in [1.165, 1.54) is 0 Å². The molecule has 0 nitrogen and oxygen atoms in total. The Morgan fingerprint density at radius 2 is 2.00 bits per heavy atom. The maximum Gasteiger partial charge on any atom is 0.413 e. The highest BCUT2D eigenvalue weighted by Gasteiger charge is 2.52. The predicted octanol–water partition coefficient (Wildman–Crippen LogP) is 3.64. The molecule has 0 saturated heterocycles. The molecule has 1 saturated carbocycles. The first-order valence-electron chi connectivity index (χ1n) is 4.06. The molecule has 2 aliphatic carbocycles. The van der Waals surface area contributed by atoms with Gasteiger partial charge in [0.25, 0.3) is 0 Å². The largest absolute Gasteiger partial charge is 0.413 e. The lowest BCUT2D eigenvalue weighted by atomic mass is 9.99. The van der Waals surface area contributed by atoms with Crippen LogP contribution in [0.1, 0.15) is 13.3 Å². The van der Waals surface area contributed by atoms with Crippen LogP contribution in [-0.4, -0.2) is 6.18 Å². The topological polar surface area (TPSA) is 0 Å². The summed E-state index contributed by atoms with van der Waals surface area (Å²) in [6.07, 6.45) is -2.53. The number of allylic oxidation sites excluding steroid dienone is 4. The summed E-state index contributed by atoms with van der Waals surface area (Å²) in [5.74, 6) is -0.267. The van der Waals surface area contributed by atoms with Gasteiger partial charge in [-0.1, -0.05) is 17.2 Å². The van der Waals surface area contributed by atoms with E-state index in [9.17, 15) is 13.2 Å². The van der Waals surface area contributed by atoms with E-state index < -0.39 is 11.7 Å². The van der Waals surface area contributed by atoms with Gasteiger partial charge >= 0.3 is 6.18 Å². The lowest BCUT2D eigenvalue weighted by molar-refractivity contribution is -0.0959. The number of hydrogen-bond acceptors (Lipinski definition) is 0. The third-order valence-electron chi connectivity index (χ3n) is 2.73. The molecule has 0 aromatic heterocycles. The van der Waals surface area contributed by atoms with E-state index in [1.807, 2.05) is 0 Å². The van der Waals surface area contributed by atoms with Gasteiger partial charge in [-0.25, -0.2) is 0 Å². The Kier molecular flexibility index (Phi) is 1.78. The first kappa shape index (κ1) is 9.13. The standard InChI is InChI=1S/C9H8ClF3/c1-4-5-2-6(5)7(3-8(4)10)9(11,12)13/h3,5-6H,2H2,1H3. The van der Waals surface area contributed by atoms with Crippen molar-refractivity contribution in [3.63, 3.8) is 0 Å². The number of rotatable bonds is 0. The van der Waals surface area contributed by atoms with Gasteiger partial charge in [-0.05, 0) is 31.3 Å². The summed E-state index contributed by atoms with van der Waals surface area (Å²) < 4.78 is 37.1. The summed E-state index contributed by atoms with van der Waals surface area (Å²) in [5, 5.41) is 0.270. The van der Waals surface area contributed by atoms with Crippen molar-refractivity contribution in [1.82, 2.24) is 0 Å². The minimum atomic E-state index is -4.21. The summed E-state index contributed by atoms with van der Waals surface area (Å²) in [5.41, 5.74) is 0.452. The quantitative estimate of drug-likeness (QED) is 0.570. The monoisotopic (exact) mass is 208 g/mol. The molecule has 0 bridgehead atoms. The Morgan fingerprint density at radius 1 is 1.38 bits per heavy atom. The average Bonchev–Trinajstić information content (AvgIpc) is 2.73. The zero-order chi connectivity index (χ0) is 9.80. The molecule has 0 aromatic rings. The zero-order valence-electron chi connectivity index (χ0n) is 6.95. The Bertz CT molecular complexity index is 311. The fourth-order valence-corrected chi connectivity index (χ4v) is 2.10. The maximum atomic E-state index is 12.4.